The highest BCUT2D eigenvalue weighted by atomic mass is 31.2. The lowest BCUT2D eigenvalue weighted by molar-refractivity contribution is 0.226. The molecule has 0 radical (unpaired) electrons. The molecule has 0 aliphatic heterocycles. The van der Waals surface area contributed by atoms with Crippen molar-refractivity contribution in [3.05, 3.63) is 41.6 Å². The molecular weight excluding hydrogens is 261 g/mol. The van der Waals surface area contributed by atoms with Crippen LogP contribution in [-0.2, 0) is 13.6 Å². The number of nitrogens with zero attached hydrogens (tertiary/aromatic N) is 1. The first kappa shape index (κ1) is 16.3. The molecule has 0 saturated carbocycles. The smallest absolute Gasteiger partial charge is 0.278 e. The van der Waals surface area contributed by atoms with E-state index in [1.807, 2.05) is 32.3 Å². The average Bonchev–Trinajstić information content (AvgIpc) is 2.74. The molecule has 0 spiro atoms. The topological polar surface area (TPSA) is 38.8 Å². The van der Waals surface area contributed by atoms with Crippen molar-refractivity contribution in [2.24, 2.45) is 0 Å². The van der Waals surface area contributed by atoms with E-state index in [0.29, 0.717) is 13.2 Å². The molecule has 4 nitrogen and oxygen atoms in total. The van der Waals surface area contributed by atoms with Gasteiger partial charge in [-0.1, -0.05) is 12.2 Å². The molecular formula is C14H23NO3P-. The molecule has 0 atom stereocenters. The Kier molecular flexibility index (Phi) is 6.59. The van der Waals surface area contributed by atoms with E-state index in [9.17, 15) is 4.57 Å². The molecule has 19 heavy (non-hydrogen) atoms. The lowest BCUT2D eigenvalue weighted by Crippen LogP contribution is -2.15. The first-order valence-corrected chi connectivity index (χ1v) is 8.09. The Morgan fingerprint density at radius 3 is 2.47 bits per heavy atom. The highest BCUT2D eigenvalue weighted by molar-refractivity contribution is 7.56. The van der Waals surface area contributed by atoms with Crippen molar-refractivity contribution in [1.29, 1.82) is 0 Å². The minimum Gasteiger partial charge on any atom is -0.318 e. The highest BCUT2D eigenvalue weighted by Crippen LogP contribution is 2.51. The van der Waals surface area contributed by atoms with E-state index in [1.54, 1.807) is 20.0 Å². The monoisotopic (exact) mass is 284 g/mol. The number of allylic oxidation sites excluding steroid dienone is 4. The van der Waals surface area contributed by atoms with Gasteiger partial charge < -0.3 is 13.9 Å². The first-order valence-electron chi connectivity index (χ1n) is 6.48. The molecule has 1 aliphatic carbocycles. The largest absolute Gasteiger partial charge is 0.318 e. The standard InChI is InChI=1S/C14H23NO3P/c1-5-17-19(16,18-6-2)11-10-13-8-7-9-14(13)12-15(3)4/h7-11H,5-6,12H2,1-4H3/q-1/b13-10-. The highest BCUT2D eigenvalue weighted by Gasteiger charge is 2.15. The molecule has 1 aliphatic rings. The van der Waals surface area contributed by atoms with E-state index >= 15 is 0 Å². The van der Waals surface area contributed by atoms with Crippen LogP contribution in [0, 0.1) is 6.16 Å². The molecule has 0 saturated heterocycles. The molecule has 0 N–H and O–H groups in total. The van der Waals surface area contributed by atoms with Gasteiger partial charge in [-0.05, 0) is 27.9 Å². The van der Waals surface area contributed by atoms with Gasteiger partial charge in [0.05, 0.1) is 13.2 Å². The second-order valence-electron chi connectivity index (χ2n) is 4.44. The summed E-state index contributed by atoms with van der Waals surface area (Å²) in [6, 6.07) is 0. The van der Waals surface area contributed by atoms with Gasteiger partial charge in [-0.15, -0.1) is 17.8 Å². The van der Waals surface area contributed by atoms with Gasteiger partial charge in [0.25, 0.3) is 7.60 Å². The summed E-state index contributed by atoms with van der Waals surface area (Å²) in [6.07, 6.45) is 9.42. The lowest BCUT2D eigenvalue weighted by atomic mass is 10.1. The Labute approximate surface area is 116 Å². The summed E-state index contributed by atoms with van der Waals surface area (Å²) in [5.41, 5.74) is 2.24. The fourth-order valence-electron chi connectivity index (χ4n) is 1.77. The summed E-state index contributed by atoms with van der Waals surface area (Å²) < 4.78 is 22.8. The van der Waals surface area contributed by atoms with E-state index in [1.165, 1.54) is 5.57 Å². The van der Waals surface area contributed by atoms with Gasteiger partial charge in [0.15, 0.2) is 0 Å². The maximum absolute atomic E-state index is 12.3. The molecule has 0 aromatic rings. The summed E-state index contributed by atoms with van der Waals surface area (Å²) >= 11 is 0. The Bertz CT molecular complexity index is 414. The van der Waals surface area contributed by atoms with Gasteiger partial charge in [0.1, 0.15) is 0 Å². The number of rotatable bonds is 8. The molecule has 1 rings (SSSR count). The summed E-state index contributed by atoms with van der Waals surface area (Å²) in [5.74, 6) is 0. The van der Waals surface area contributed by atoms with Crippen molar-refractivity contribution in [1.82, 2.24) is 4.90 Å². The van der Waals surface area contributed by atoms with Gasteiger partial charge in [0, 0.05) is 6.54 Å². The molecule has 0 heterocycles. The van der Waals surface area contributed by atoms with E-state index in [0.717, 1.165) is 12.1 Å². The fraction of sp³-hybridized carbons (Fsp3) is 0.500. The van der Waals surface area contributed by atoms with Gasteiger partial charge in [-0.3, -0.25) is 4.57 Å². The number of hydrogen-bond donors (Lipinski definition) is 0. The van der Waals surface area contributed by atoms with E-state index in [-0.39, 0.29) is 0 Å². The summed E-state index contributed by atoms with van der Waals surface area (Å²) in [7, 11) is 0.931. The summed E-state index contributed by atoms with van der Waals surface area (Å²) in [5, 5.41) is 0. The molecule has 0 aromatic heterocycles. The zero-order valence-corrected chi connectivity index (χ0v) is 13.0. The predicted molar refractivity (Wildman–Crippen MR) is 79.0 cm³/mol. The first-order chi connectivity index (χ1) is 9.00. The van der Waals surface area contributed by atoms with Gasteiger partial charge in [-0.2, -0.15) is 5.57 Å². The molecule has 5 heteroatoms. The van der Waals surface area contributed by atoms with Crippen LogP contribution in [0.3, 0.4) is 0 Å². The molecule has 0 amide bonds. The third kappa shape index (κ3) is 5.37. The summed E-state index contributed by atoms with van der Waals surface area (Å²) in [6.45, 7) is 5.19. The third-order valence-corrected chi connectivity index (χ3v) is 4.24. The quantitative estimate of drug-likeness (QED) is 0.506. The SMILES string of the molecule is CCOP(=O)([CH-]/C=C1/C=CC=C1CN(C)C)OCC. The van der Waals surface area contributed by atoms with Crippen LogP contribution in [0.15, 0.2) is 35.5 Å². The lowest BCUT2D eigenvalue weighted by Gasteiger charge is -2.22. The molecule has 0 fully saturated rings. The van der Waals surface area contributed by atoms with Crippen molar-refractivity contribution in [3.63, 3.8) is 0 Å². The Morgan fingerprint density at radius 1 is 1.32 bits per heavy atom. The third-order valence-electron chi connectivity index (χ3n) is 2.49. The van der Waals surface area contributed by atoms with Crippen LogP contribution < -0.4 is 0 Å². The maximum atomic E-state index is 12.3. The van der Waals surface area contributed by atoms with Crippen molar-refractivity contribution >= 4 is 7.60 Å². The van der Waals surface area contributed by atoms with Gasteiger partial charge in [-0.25, -0.2) is 6.08 Å². The van der Waals surface area contributed by atoms with Crippen LogP contribution >= 0.6 is 7.60 Å². The molecule has 108 valence electrons. The van der Waals surface area contributed by atoms with Crippen molar-refractivity contribution in [2.45, 2.75) is 13.8 Å². The zero-order valence-electron chi connectivity index (χ0n) is 12.1. The second kappa shape index (κ2) is 7.71. The van der Waals surface area contributed by atoms with E-state index in [4.69, 9.17) is 9.05 Å². The van der Waals surface area contributed by atoms with Crippen molar-refractivity contribution < 1.29 is 13.6 Å². The maximum Gasteiger partial charge on any atom is 0.278 e. The Balaban J connectivity index is 2.71. The fourth-order valence-corrected chi connectivity index (χ4v) is 3.08. The van der Waals surface area contributed by atoms with Crippen molar-refractivity contribution in [3.8, 4) is 0 Å². The van der Waals surface area contributed by atoms with Crippen LogP contribution in [0.1, 0.15) is 13.8 Å². The number of likely N-dealkylation sites (N-methyl/N-ethyl adjacent to an activating group) is 1. The van der Waals surface area contributed by atoms with Gasteiger partial charge in [0.2, 0.25) is 0 Å². The van der Waals surface area contributed by atoms with Crippen LogP contribution in [0.25, 0.3) is 0 Å². The molecule has 0 unspecified atom stereocenters. The average molecular weight is 284 g/mol. The van der Waals surface area contributed by atoms with E-state index < -0.39 is 7.60 Å². The zero-order chi connectivity index (χ0) is 14.3. The number of hydrogen-bond acceptors (Lipinski definition) is 4. The molecule has 0 aromatic carbocycles. The minimum atomic E-state index is -3.11. The van der Waals surface area contributed by atoms with Crippen molar-refractivity contribution in [2.75, 3.05) is 33.9 Å². The predicted octanol–water partition coefficient (Wildman–Crippen LogP) is 3.40. The van der Waals surface area contributed by atoms with Crippen LogP contribution in [0.4, 0.5) is 0 Å². The Morgan fingerprint density at radius 2 is 1.95 bits per heavy atom. The Hall–Kier alpha value is -0.800. The minimum absolute atomic E-state index is 0.368. The summed E-state index contributed by atoms with van der Waals surface area (Å²) in [4.78, 5) is 2.09. The van der Waals surface area contributed by atoms with Crippen LogP contribution in [-0.4, -0.2) is 38.8 Å². The van der Waals surface area contributed by atoms with Crippen LogP contribution in [0.2, 0.25) is 0 Å². The molecule has 0 bridgehead atoms. The van der Waals surface area contributed by atoms with E-state index in [2.05, 4.69) is 11.0 Å². The van der Waals surface area contributed by atoms with Crippen LogP contribution in [0.5, 0.6) is 0 Å². The normalized spacial score (nSPS) is 17.3. The van der Waals surface area contributed by atoms with Gasteiger partial charge >= 0.3 is 0 Å². The second-order valence-corrected chi connectivity index (χ2v) is 6.33.